The fourth-order valence-electron chi connectivity index (χ4n) is 3.77. The van der Waals surface area contributed by atoms with Gasteiger partial charge in [-0.15, -0.1) is 0 Å². The molecule has 0 bridgehead atoms. The summed E-state index contributed by atoms with van der Waals surface area (Å²) in [6.07, 6.45) is -0.501. The number of nitrogens with zero attached hydrogens (tertiary/aromatic N) is 1. The number of β-lactam (4-membered cyclic amide) rings is 1. The highest BCUT2D eigenvalue weighted by molar-refractivity contribution is 7.93. The van der Waals surface area contributed by atoms with E-state index in [1.54, 1.807) is 18.2 Å². The third-order valence-corrected chi connectivity index (χ3v) is 8.19. The van der Waals surface area contributed by atoms with Gasteiger partial charge in [0.05, 0.1) is 4.75 Å². The lowest BCUT2D eigenvalue weighted by atomic mass is 9.85. The highest BCUT2D eigenvalue weighted by Gasteiger charge is 2.73. The highest BCUT2D eigenvalue weighted by atomic mass is 32.2. The number of ketones is 1. The van der Waals surface area contributed by atoms with Crippen LogP contribution >= 0.6 is 0 Å². The molecule has 1 aromatic carbocycles. The number of aliphatic hydroxyl groups is 1. The molecule has 150 valence electrons. The van der Waals surface area contributed by atoms with Crippen LogP contribution in [0.1, 0.15) is 24.2 Å². The van der Waals surface area contributed by atoms with Crippen molar-refractivity contribution in [1.29, 1.82) is 0 Å². The van der Waals surface area contributed by atoms with Gasteiger partial charge in [0.1, 0.15) is 30.0 Å². The number of aliphatic hydroxyl groups excluding tert-OH is 1. The number of Topliss-reactive ketones (excluding diaryl/α,β-unsaturated/α-hetero) is 1. The summed E-state index contributed by atoms with van der Waals surface area (Å²) >= 11 is 0. The first-order valence-corrected chi connectivity index (χ1v) is 10.2. The van der Waals surface area contributed by atoms with E-state index in [4.69, 9.17) is 4.74 Å². The van der Waals surface area contributed by atoms with Crippen molar-refractivity contribution in [3.8, 4) is 0 Å². The first kappa shape index (κ1) is 20.2. The van der Waals surface area contributed by atoms with E-state index < -0.39 is 55.7 Å². The predicted octanol–water partition coefficient (Wildman–Crippen LogP) is 0.319. The second-order valence-electron chi connectivity index (χ2n) is 7.31. The topological polar surface area (TPSA) is 118 Å². The molecule has 2 saturated heterocycles. The number of sulfone groups is 1. The van der Waals surface area contributed by atoms with E-state index in [1.165, 1.54) is 32.1 Å². The van der Waals surface area contributed by atoms with Gasteiger partial charge >= 0.3 is 5.97 Å². The summed E-state index contributed by atoms with van der Waals surface area (Å²) < 4.78 is 29.4. The molecule has 3 rings (SSSR count). The van der Waals surface area contributed by atoms with Crippen molar-refractivity contribution in [1.82, 2.24) is 4.90 Å². The minimum absolute atomic E-state index is 0.128. The smallest absolute Gasteiger partial charge is 0.330 e. The summed E-state index contributed by atoms with van der Waals surface area (Å²) in [5.74, 6) is -3.85. The van der Waals surface area contributed by atoms with E-state index in [-0.39, 0.29) is 12.2 Å². The van der Waals surface area contributed by atoms with Crippen molar-refractivity contribution in [2.45, 2.75) is 36.1 Å². The molecule has 9 heteroatoms. The molecule has 1 N–H and O–H groups in total. The SMILES string of the molecule is C=CCOC(=O)[C@@H]1N2C(=O)[C@@H]([C@H](O)C(=O)c3ccccc3)[C@H]2S(=O)(=O)C1(C)C. The number of carbonyl (C=O) groups is 3. The molecule has 28 heavy (non-hydrogen) atoms. The third-order valence-electron chi connectivity index (χ3n) is 5.34. The maximum atomic E-state index is 13.0. The maximum Gasteiger partial charge on any atom is 0.330 e. The maximum absolute atomic E-state index is 13.0. The van der Waals surface area contributed by atoms with Gasteiger partial charge in [0.15, 0.2) is 15.6 Å². The molecule has 0 unspecified atom stereocenters. The van der Waals surface area contributed by atoms with Crippen molar-refractivity contribution in [3.05, 3.63) is 48.6 Å². The Hall–Kier alpha value is -2.52. The number of carbonyl (C=O) groups excluding carboxylic acids is 3. The molecule has 2 aliphatic heterocycles. The molecule has 0 aliphatic carbocycles. The summed E-state index contributed by atoms with van der Waals surface area (Å²) in [4.78, 5) is 38.6. The first-order valence-electron chi connectivity index (χ1n) is 8.68. The van der Waals surface area contributed by atoms with Gasteiger partial charge in [-0.2, -0.15) is 0 Å². The standard InChI is InChI=1S/C19H21NO7S/c1-4-10-27-18(24)15-19(2,3)28(25,26)17-12(16(23)20(15)17)14(22)13(21)11-8-6-5-7-9-11/h4-9,12,14-15,17,22H,1,10H2,2-3H3/t12-,14+,15+,17-/m1/s1. The third kappa shape index (κ3) is 2.68. The highest BCUT2D eigenvalue weighted by Crippen LogP contribution is 2.50. The fraction of sp³-hybridized carbons (Fsp3) is 0.421. The summed E-state index contributed by atoms with van der Waals surface area (Å²) in [6.45, 7) is 5.95. The number of hydrogen-bond donors (Lipinski definition) is 1. The molecule has 0 spiro atoms. The van der Waals surface area contributed by atoms with Gasteiger partial charge in [-0.1, -0.05) is 43.0 Å². The molecule has 2 heterocycles. The lowest BCUT2D eigenvalue weighted by Gasteiger charge is -2.44. The normalized spacial score (nSPS) is 28.0. The Morgan fingerprint density at radius 2 is 1.93 bits per heavy atom. The molecule has 0 radical (unpaired) electrons. The van der Waals surface area contributed by atoms with Gasteiger partial charge in [-0.3, -0.25) is 9.59 Å². The summed E-state index contributed by atoms with van der Waals surface area (Å²) in [5, 5.41) is 9.03. The van der Waals surface area contributed by atoms with Gasteiger partial charge < -0.3 is 14.7 Å². The number of esters is 1. The van der Waals surface area contributed by atoms with Gasteiger partial charge in [0, 0.05) is 5.56 Å². The lowest BCUT2D eigenvalue weighted by Crippen LogP contribution is -2.67. The van der Waals surface area contributed by atoms with E-state index in [9.17, 15) is 27.9 Å². The number of hydrogen-bond acceptors (Lipinski definition) is 7. The lowest BCUT2D eigenvalue weighted by molar-refractivity contribution is -0.169. The van der Waals surface area contributed by atoms with Crippen LogP contribution in [-0.2, 0) is 24.2 Å². The summed E-state index contributed by atoms with van der Waals surface area (Å²) in [6, 6.07) is 6.45. The number of ether oxygens (including phenoxy) is 1. The first-order chi connectivity index (χ1) is 13.1. The van der Waals surface area contributed by atoms with E-state index in [0.717, 1.165) is 4.90 Å². The molecule has 2 aliphatic rings. The van der Waals surface area contributed by atoms with Gasteiger partial charge in [-0.25, -0.2) is 13.2 Å². The number of fused-ring (bicyclic) bond motifs is 1. The predicted molar refractivity (Wildman–Crippen MR) is 98.8 cm³/mol. The van der Waals surface area contributed by atoms with Gasteiger partial charge in [0.25, 0.3) is 0 Å². The van der Waals surface area contributed by atoms with Crippen LogP contribution in [0.5, 0.6) is 0 Å². The van der Waals surface area contributed by atoms with Crippen molar-refractivity contribution in [3.63, 3.8) is 0 Å². The quantitative estimate of drug-likeness (QED) is 0.312. The molecule has 0 saturated carbocycles. The summed E-state index contributed by atoms with van der Waals surface area (Å²) in [5.41, 5.74) is 0.165. The monoisotopic (exact) mass is 407 g/mol. The Labute approximate surface area is 162 Å². The second-order valence-corrected chi connectivity index (χ2v) is 9.93. The zero-order valence-corrected chi connectivity index (χ0v) is 16.3. The van der Waals surface area contributed by atoms with E-state index in [2.05, 4.69) is 6.58 Å². The molecule has 8 nitrogen and oxygen atoms in total. The van der Waals surface area contributed by atoms with Crippen LogP contribution in [0.25, 0.3) is 0 Å². The van der Waals surface area contributed by atoms with E-state index in [0.29, 0.717) is 0 Å². The van der Waals surface area contributed by atoms with Gasteiger partial charge in [-0.05, 0) is 13.8 Å². The molecule has 0 aromatic heterocycles. The average Bonchev–Trinajstić information content (AvgIpc) is 2.80. The second kappa shape index (κ2) is 6.82. The van der Waals surface area contributed by atoms with Crippen LogP contribution in [-0.4, -0.2) is 65.0 Å². The molecule has 4 atom stereocenters. The Morgan fingerprint density at radius 1 is 1.32 bits per heavy atom. The van der Waals surface area contributed by atoms with Crippen molar-refractivity contribution < 1.29 is 32.6 Å². The Kier molecular flexibility index (Phi) is 4.93. The van der Waals surface area contributed by atoms with Crippen LogP contribution < -0.4 is 0 Å². The van der Waals surface area contributed by atoms with Crippen LogP contribution in [0.4, 0.5) is 0 Å². The van der Waals surface area contributed by atoms with Crippen LogP contribution in [0.15, 0.2) is 43.0 Å². The van der Waals surface area contributed by atoms with Crippen molar-refractivity contribution >= 4 is 27.5 Å². The van der Waals surface area contributed by atoms with Crippen LogP contribution in [0, 0.1) is 5.92 Å². The molecule has 1 amide bonds. The molecular weight excluding hydrogens is 386 g/mol. The van der Waals surface area contributed by atoms with E-state index in [1.807, 2.05) is 0 Å². The zero-order chi connectivity index (χ0) is 20.9. The van der Waals surface area contributed by atoms with Crippen molar-refractivity contribution in [2.24, 2.45) is 5.92 Å². The van der Waals surface area contributed by atoms with Gasteiger partial charge in [0.2, 0.25) is 5.91 Å². The zero-order valence-electron chi connectivity index (χ0n) is 15.4. The molecule has 2 fully saturated rings. The Balaban J connectivity index is 1.94. The number of amides is 1. The molecule has 1 aromatic rings. The molecular formula is C19H21NO7S. The minimum Gasteiger partial charge on any atom is -0.460 e. The fourth-order valence-corrected chi connectivity index (χ4v) is 6.09. The average molecular weight is 407 g/mol. The Morgan fingerprint density at radius 3 is 2.50 bits per heavy atom. The van der Waals surface area contributed by atoms with Crippen molar-refractivity contribution in [2.75, 3.05) is 6.61 Å². The number of rotatable bonds is 6. The Bertz CT molecular complexity index is 938. The minimum atomic E-state index is -4.06. The largest absolute Gasteiger partial charge is 0.460 e. The number of benzene rings is 1. The van der Waals surface area contributed by atoms with Crippen LogP contribution in [0.2, 0.25) is 0 Å². The van der Waals surface area contributed by atoms with Crippen LogP contribution in [0.3, 0.4) is 0 Å². The summed E-state index contributed by atoms with van der Waals surface area (Å²) in [7, 11) is -4.06. The van der Waals surface area contributed by atoms with E-state index >= 15 is 0 Å².